The Balaban J connectivity index is 0.00000225. The molecule has 0 amide bonds. The van der Waals surface area contributed by atoms with Crippen molar-refractivity contribution in [3.63, 3.8) is 0 Å². The summed E-state index contributed by atoms with van der Waals surface area (Å²) in [5, 5.41) is 18.3. The first-order valence-corrected chi connectivity index (χ1v) is 6.44. The predicted molar refractivity (Wildman–Crippen MR) is 83.3 cm³/mol. The van der Waals surface area contributed by atoms with E-state index in [9.17, 15) is 19.2 Å². The van der Waals surface area contributed by atoms with Gasteiger partial charge in [0.1, 0.15) is 6.07 Å². The normalized spacial score (nSPS) is 9.88. The van der Waals surface area contributed by atoms with Crippen molar-refractivity contribution in [2.45, 2.75) is 0 Å². The maximum absolute atomic E-state index is 12.0. The van der Waals surface area contributed by atoms with Crippen LogP contribution in [-0.4, -0.2) is 35.4 Å². The molecule has 0 aliphatic heterocycles. The SMILES string of the molecule is N#Cc1nn(-c2ccccc2-c2n[nH]c(=O)[nH]c2=O)c(=O)[nH]c1=O.O. The minimum atomic E-state index is -0.920. The van der Waals surface area contributed by atoms with Gasteiger partial charge in [0.25, 0.3) is 11.1 Å². The quantitative estimate of drug-likeness (QED) is 0.452. The molecule has 12 heteroatoms. The van der Waals surface area contributed by atoms with E-state index >= 15 is 0 Å². The second kappa shape index (κ2) is 6.56. The average molecular weight is 343 g/mol. The Morgan fingerprint density at radius 2 is 1.76 bits per heavy atom. The van der Waals surface area contributed by atoms with E-state index in [1.165, 1.54) is 12.1 Å². The second-order valence-corrected chi connectivity index (χ2v) is 4.50. The lowest BCUT2D eigenvalue weighted by Gasteiger charge is -2.08. The third kappa shape index (κ3) is 3.02. The summed E-state index contributed by atoms with van der Waals surface area (Å²) in [6, 6.07) is 7.61. The third-order valence-electron chi connectivity index (χ3n) is 3.03. The monoisotopic (exact) mass is 343 g/mol. The minimum absolute atomic E-state index is 0. The molecule has 12 nitrogen and oxygen atoms in total. The molecule has 0 saturated carbocycles. The molecule has 2 aromatic heterocycles. The highest BCUT2D eigenvalue weighted by molar-refractivity contribution is 5.68. The standard InChI is InChI=1S/C13H7N7O4.H2O/c14-5-7-10(21)16-13(24)20(19-7)8-4-2-1-3-6(8)9-11(22)15-12(23)18-17-9;/h1-4H,(H,16,21,24)(H2,15,18,22,23);1H2. The van der Waals surface area contributed by atoms with Gasteiger partial charge in [-0.25, -0.2) is 14.7 Å². The number of nitrogens with zero attached hydrogens (tertiary/aromatic N) is 4. The molecule has 3 aromatic rings. The summed E-state index contributed by atoms with van der Waals surface area (Å²) in [5.41, 5.74) is -3.79. The van der Waals surface area contributed by atoms with Crippen molar-refractivity contribution < 1.29 is 5.48 Å². The molecule has 126 valence electrons. The zero-order valence-corrected chi connectivity index (χ0v) is 12.2. The van der Waals surface area contributed by atoms with Crippen LogP contribution < -0.4 is 22.5 Å². The van der Waals surface area contributed by atoms with Crippen LogP contribution >= 0.6 is 0 Å². The highest BCUT2D eigenvalue weighted by Crippen LogP contribution is 2.19. The van der Waals surface area contributed by atoms with Crippen molar-refractivity contribution >= 4 is 0 Å². The fourth-order valence-corrected chi connectivity index (χ4v) is 2.03. The molecule has 0 bridgehead atoms. The van der Waals surface area contributed by atoms with Crippen LogP contribution in [-0.2, 0) is 0 Å². The number of nitriles is 1. The molecule has 25 heavy (non-hydrogen) atoms. The van der Waals surface area contributed by atoms with Crippen LogP contribution in [0.3, 0.4) is 0 Å². The lowest BCUT2D eigenvalue weighted by molar-refractivity contribution is 0.740. The van der Waals surface area contributed by atoms with Crippen molar-refractivity contribution in [2.75, 3.05) is 0 Å². The van der Waals surface area contributed by atoms with E-state index < -0.39 is 28.2 Å². The molecule has 3 rings (SSSR count). The number of para-hydroxylation sites is 1. The van der Waals surface area contributed by atoms with Crippen molar-refractivity contribution in [3.05, 3.63) is 71.6 Å². The van der Waals surface area contributed by atoms with Crippen molar-refractivity contribution in [3.8, 4) is 23.0 Å². The summed E-state index contributed by atoms with van der Waals surface area (Å²) >= 11 is 0. The second-order valence-electron chi connectivity index (χ2n) is 4.50. The number of nitrogens with one attached hydrogen (secondary N) is 3. The van der Waals surface area contributed by atoms with E-state index in [4.69, 9.17) is 5.26 Å². The molecule has 0 atom stereocenters. The van der Waals surface area contributed by atoms with Gasteiger partial charge in [-0.2, -0.15) is 15.0 Å². The van der Waals surface area contributed by atoms with Gasteiger partial charge in [-0.1, -0.05) is 18.2 Å². The highest BCUT2D eigenvalue weighted by Gasteiger charge is 2.15. The number of H-pyrrole nitrogens is 3. The van der Waals surface area contributed by atoms with Crippen LogP contribution in [0.2, 0.25) is 0 Å². The van der Waals surface area contributed by atoms with Crippen LogP contribution in [0.25, 0.3) is 16.9 Å². The zero-order valence-electron chi connectivity index (χ0n) is 12.2. The molecule has 0 saturated heterocycles. The summed E-state index contributed by atoms with van der Waals surface area (Å²) in [6.45, 7) is 0. The van der Waals surface area contributed by atoms with Gasteiger partial charge in [0.15, 0.2) is 5.69 Å². The van der Waals surface area contributed by atoms with Gasteiger partial charge < -0.3 is 5.48 Å². The van der Waals surface area contributed by atoms with Crippen molar-refractivity contribution in [2.24, 2.45) is 0 Å². The zero-order chi connectivity index (χ0) is 17.3. The van der Waals surface area contributed by atoms with Gasteiger partial charge in [-0.3, -0.25) is 19.6 Å². The first-order valence-electron chi connectivity index (χ1n) is 6.44. The topological polar surface area (TPSA) is 202 Å². The lowest BCUT2D eigenvalue weighted by atomic mass is 10.1. The van der Waals surface area contributed by atoms with Gasteiger partial charge in [0, 0.05) is 5.56 Å². The molecule has 0 radical (unpaired) electrons. The van der Waals surface area contributed by atoms with Gasteiger partial charge in [-0.05, 0) is 6.07 Å². The maximum atomic E-state index is 12.0. The molecule has 2 heterocycles. The van der Waals surface area contributed by atoms with Crippen LogP contribution in [0, 0.1) is 11.3 Å². The van der Waals surface area contributed by atoms with E-state index in [0.717, 1.165) is 4.68 Å². The first kappa shape index (κ1) is 17.2. The number of aromatic nitrogens is 6. The number of rotatable bonds is 2. The molecule has 0 aliphatic carbocycles. The van der Waals surface area contributed by atoms with E-state index in [2.05, 4.69) is 15.3 Å². The average Bonchev–Trinajstić information content (AvgIpc) is 2.55. The maximum Gasteiger partial charge on any atom is 0.349 e. The van der Waals surface area contributed by atoms with Gasteiger partial charge >= 0.3 is 11.4 Å². The summed E-state index contributed by atoms with van der Waals surface area (Å²) in [4.78, 5) is 50.4. The Hall–Kier alpha value is -4.11. The van der Waals surface area contributed by atoms with Gasteiger partial charge in [-0.15, -0.1) is 5.10 Å². The molecule has 0 unspecified atom stereocenters. The fraction of sp³-hybridized carbons (Fsp3) is 0. The van der Waals surface area contributed by atoms with E-state index in [1.54, 1.807) is 18.2 Å². The number of aromatic amines is 3. The largest absolute Gasteiger partial charge is 0.412 e. The smallest absolute Gasteiger partial charge is 0.349 e. The Bertz CT molecular complexity index is 1210. The van der Waals surface area contributed by atoms with E-state index in [1.807, 2.05) is 9.97 Å². The number of benzene rings is 1. The van der Waals surface area contributed by atoms with Gasteiger partial charge in [0.2, 0.25) is 5.69 Å². The van der Waals surface area contributed by atoms with E-state index in [-0.39, 0.29) is 22.4 Å². The molecule has 0 spiro atoms. The minimum Gasteiger partial charge on any atom is -0.412 e. The summed E-state index contributed by atoms with van der Waals surface area (Å²) in [5.74, 6) is 0. The first-order chi connectivity index (χ1) is 11.5. The van der Waals surface area contributed by atoms with Crippen molar-refractivity contribution in [1.29, 1.82) is 5.26 Å². The Morgan fingerprint density at radius 3 is 2.44 bits per heavy atom. The molecule has 0 fully saturated rings. The third-order valence-corrected chi connectivity index (χ3v) is 3.03. The van der Waals surface area contributed by atoms with Gasteiger partial charge in [0.05, 0.1) is 5.69 Å². The summed E-state index contributed by atoms with van der Waals surface area (Å²) in [6.07, 6.45) is 0. The number of hydrogen-bond donors (Lipinski definition) is 3. The van der Waals surface area contributed by atoms with Crippen LogP contribution in [0.4, 0.5) is 0 Å². The Kier molecular flexibility index (Phi) is 4.53. The molecule has 5 N–H and O–H groups in total. The lowest BCUT2D eigenvalue weighted by Crippen LogP contribution is -2.34. The van der Waals surface area contributed by atoms with E-state index in [0.29, 0.717) is 0 Å². The Labute approximate surface area is 136 Å². The number of hydrogen-bond acceptors (Lipinski definition) is 7. The predicted octanol–water partition coefficient (Wildman–Crippen LogP) is -2.59. The van der Waals surface area contributed by atoms with Crippen molar-refractivity contribution in [1.82, 2.24) is 29.9 Å². The van der Waals surface area contributed by atoms with Crippen LogP contribution in [0.1, 0.15) is 5.69 Å². The molecule has 1 aromatic carbocycles. The highest BCUT2D eigenvalue weighted by atomic mass is 16.2. The molecular formula is C13H9N7O5. The van der Waals surface area contributed by atoms with Crippen LogP contribution in [0.15, 0.2) is 43.4 Å². The fourth-order valence-electron chi connectivity index (χ4n) is 2.03. The molecular weight excluding hydrogens is 334 g/mol. The summed E-state index contributed by atoms with van der Waals surface area (Å²) in [7, 11) is 0. The Morgan fingerprint density at radius 1 is 1.04 bits per heavy atom. The summed E-state index contributed by atoms with van der Waals surface area (Å²) < 4.78 is 0.765. The van der Waals surface area contributed by atoms with Crippen LogP contribution in [0.5, 0.6) is 0 Å². The molecule has 0 aliphatic rings.